The van der Waals surface area contributed by atoms with Crippen LogP contribution in [0.15, 0.2) is 18.5 Å². The Balaban J connectivity index is 2.15. The van der Waals surface area contributed by atoms with Gasteiger partial charge in [-0.2, -0.15) is 0 Å². The summed E-state index contributed by atoms with van der Waals surface area (Å²) in [6.45, 7) is 2.04. The summed E-state index contributed by atoms with van der Waals surface area (Å²) in [5, 5.41) is 0. The molecule has 0 aliphatic rings. The number of fused-ring (bicyclic) bond motifs is 1. The summed E-state index contributed by atoms with van der Waals surface area (Å²) in [6, 6.07) is 2.27. The Labute approximate surface area is 95.5 Å². The van der Waals surface area contributed by atoms with E-state index in [-0.39, 0.29) is 6.04 Å². The van der Waals surface area contributed by atoms with Gasteiger partial charge >= 0.3 is 0 Å². The van der Waals surface area contributed by atoms with Gasteiger partial charge < -0.3 is 10.3 Å². The normalized spacial score (nSPS) is 13.2. The zero-order valence-corrected chi connectivity index (χ0v) is 9.85. The van der Waals surface area contributed by atoms with Gasteiger partial charge in [0.2, 0.25) is 0 Å². The molecule has 2 rings (SSSR count). The third kappa shape index (κ3) is 2.22. The molecule has 0 spiro atoms. The summed E-state index contributed by atoms with van der Waals surface area (Å²) in [7, 11) is 2.05. The average Bonchev–Trinajstić information content (AvgIpc) is 2.56. The van der Waals surface area contributed by atoms with E-state index in [0.29, 0.717) is 0 Å². The van der Waals surface area contributed by atoms with Crippen LogP contribution in [0.2, 0.25) is 0 Å². The predicted octanol–water partition coefficient (Wildman–Crippen LogP) is 1.64. The van der Waals surface area contributed by atoms with Crippen molar-refractivity contribution in [2.24, 2.45) is 12.8 Å². The summed E-state index contributed by atoms with van der Waals surface area (Å²) in [5.74, 6) is 1.11. The maximum atomic E-state index is 5.73. The highest BCUT2D eigenvalue weighted by atomic mass is 15.1. The number of nitrogens with zero attached hydrogens (tertiary/aromatic N) is 3. The standard InChI is InChI=1S/C12H18N4/c1-9(13)4-3-5-12-15-10-8-14-7-6-11(10)16(12)2/h6-9H,3-5,13H2,1-2H3. The van der Waals surface area contributed by atoms with Gasteiger partial charge in [-0.25, -0.2) is 4.98 Å². The number of imidazole rings is 1. The van der Waals surface area contributed by atoms with Gasteiger partial charge in [-0.15, -0.1) is 0 Å². The second-order valence-corrected chi connectivity index (χ2v) is 4.32. The molecule has 0 radical (unpaired) electrons. The highest BCUT2D eigenvalue weighted by Gasteiger charge is 2.07. The molecule has 0 aliphatic heterocycles. The predicted molar refractivity (Wildman–Crippen MR) is 65.1 cm³/mol. The molecular formula is C12H18N4. The minimum atomic E-state index is 0.274. The molecule has 86 valence electrons. The van der Waals surface area contributed by atoms with Crippen molar-refractivity contribution >= 4 is 11.0 Å². The number of rotatable bonds is 4. The molecule has 4 heteroatoms. The van der Waals surface area contributed by atoms with Gasteiger partial charge in [0.25, 0.3) is 0 Å². The van der Waals surface area contributed by atoms with Crippen molar-refractivity contribution in [3.8, 4) is 0 Å². The first-order valence-corrected chi connectivity index (χ1v) is 5.69. The number of aromatic nitrogens is 3. The summed E-state index contributed by atoms with van der Waals surface area (Å²) in [5.41, 5.74) is 7.85. The molecule has 1 unspecified atom stereocenters. The summed E-state index contributed by atoms with van der Waals surface area (Å²) < 4.78 is 2.14. The van der Waals surface area contributed by atoms with Crippen LogP contribution in [0.25, 0.3) is 11.0 Å². The topological polar surface area (TPSA) is 56.7 Å². The number of nitrogens with two attached hydrogens (primary N) is 1. The van der Waals surface area contributed by atoms with Crippen LogP contribution < -0.4 is 5.73 Å². The molecule has 0 aromatic carbocycles. The minimum Gasteiger partial charge on any atom is -0.331 e. The Morgan fingerprint density at radius 1 is 1.50 bits per heavy atom. The van der Waals surface area contributed by atoms with Gasteiger partial charge in [-0.1, -0.05) is 0 Å². The molecule has 0 fully saturated rings. The monoisotopic (exact) mass is 218 g/mol. The van der Waals surface area contributed by atoms with Crippen LogP contribution in [-0.4, -0.2) is 20.6 Å². The molecular weight excluding hydrogens is 200 g/mol. The Morgan fingerprint density at radius 2 is 2.31 bits per heavy atom. The van der Waals surface area contributed by atoms with Crippen LogP contribution in [0.3, 0.4) is 0 Å². The fraction of sp³-hybridized carbons (Fsp3) is 0.500. The Hall–Kier alpha value is -1.42. The van der Waals surface area contributed by atoms with Crippen molar-refractivity contribution in [1.29, 1.82) is 0 Å². The van der Waals surface area contributed by atoms with Crippen LogP contribution in [0, 0.1) is 0 Å². The SMILES string of the molecule is CC(N)CCCc1nc2cnccc2n1C. The van der Waals surface area contributed by atoms with Gasteiger partial charge in [0.05, 0.1) is 11.7 Å². The van der Waals surface area contributed by atoms with Crippen molar-refractivity contribution in [3.05, 3.63) is 24.3 Å². The highest BCUT2D eigenvalue weighted by molar-refractivity contribution is 5.74. The molecule has 1 atom stereocenters. The first kappa shape index (κ1) is 11.1. The number of hydrogen-bond acceptors (Lipinski definition) is 3. The molecule has 2 N–H and O–H groups in total. The van der Waals surface area contributed by atoms with E-state index in [9.17, 15) is 0 Å². The number of pyridine rings is 1. The fourth-order valence-electron chi connectivity index (χ4n) is 1.91. The zero-order chi connectivity index (χ0) is 11.5. The van der Waals surface area contributed by atoms with Gasteiger partial charge in [-0.3, -0.25) is 4.98 Å². The quantitative estimate of drug-likeness (QED) is 0.848. The van der Waals surface area contributed by atoms with Gasteiger partial charge in [0.15, 0.2) is 0 Å². The molecule has 2 heterocycles. The van der Waals surface area contributed by atoms with E-state index in [2.05, 4.69) is 21.6 Å². The highest BCUT2D eigenvalue weighted by Crippen LogP contribution is 2.14. The van der Waals surface area contributed by atoms with Crippen LogP contribution in [0.5, 0.6) is 0 Å². The largest absolute Gasteiger partial charge is 0.331 e. The van der Waals surface area contributed by atoms with Crippen molar-refractivity contribution < 1.29 is 0 Å². The molecule has 0 amide bonds. The number of hydrogen-bond donors (Lipinski definition) is 1. The molecule has 16 heavy (non-hydrogen) atoms. The van der Waals surface area contributed by atoms with Gasteiger partial charge in [-0.05, 0) is 25.8 Å². The van der Waals surface area contributed by atoms with E-state index in [1.165, 1.54) is 0 Å². The van der Waals surface area contributed by atoms with E-state index in [4.69, 9.17) is 5.73 Å². The lowest BCUT2D eigenvalue weighted by atomic mass is 10.1. The minimum absolute atomic E-state index is 0.274. The molecule has 0 bridgehead atoms. The Bertz CT molecular complexity index is 473. The molecule has 0 saturated heterocycles. The Morgan fingerprint density at radius 3 is 3.00 bits per heavy atom. The third-order valence-corrected chi connectivity index (χ3v) is 2.84. The van der Waals surface area contributed by atoms with Crippen molar-refractivity contribution in [1.82, 2.24) is 14.5 Å². The van der Waals surface area contributed by atoms with Crippen LogP contribution in [-0.2, 0) is 13.5 Å². The fourth-order valence-corrected chi connectivity index (χ4v) is 1.91. The van der Waals surface area contributed by atoms with Gasteiger partial charge in [0, 0.05) is 25.7 Å². The number of aryl methyl sites for hydroxylation is 2. The molecule has 0 saturated carbocycles. The van der Waals surface area contributed by atoms with E-state index in [1.54, 1.807) is 6.20 Å². The maximum absolute atomic E-state index is 5.73. The van der Waals surface area contributed by atoms with E-state index in [1.807, 2.05) is 19.2 Å². The molecule has 0 aliphatic carbocycles. The first-order valence-electron chi connectivity index (χ1n) is 5.69. The van der Waals surface area contributed by atoms with E-state index >= 15 is 0 Å². The lowest BCUT2D eigenvalue weighted by Crippen LogP contribution is -2.14. The summed E-state index contributed by atoms with van der Waals surface area (Å²) in [6.07, 6.45) is 6.72. The first-order chi connectivity index (χ1) is 7.68. The zero-order valence-electron chi connectivity index (χ0n) is 9.85. The lowest BCUT2D eigenvalue weighted by Gasteiger charge is -2.04. The lowest BCUT2D eigenvalue weighted by molar-refractivity contribution is 0.607. The summed E-state index contributed by atoms with van der Waals surface area (Å²) >= 11 is 0. The smallest absolute Gasteiger partial charge is 0.109 e. The second-order valence-electron chi connectivity index (χ2n) is 4.32. The van der Waals surface area contributed by atoms with Crippen LogP contribution >= 0.6 is 0 Å². The Kier molecular flexibility index (Phi) is 3.19. The van der Waals surface area contributed by atoms with Gasteiger partial charge in [0.1, 0.15) is 11.3 Å². The van der Waals surface area contributed by atoms with Crippen LogP contribution in [0.1, 0.15) is 25.6 Å². The molecule has 4 nitrogen and oxygen atoms in total. The second kappa shape index (κ2) is 4.61. The van der Waals surface area contributed by atoms with E-state index in [0.717, 1.165) is 36.1 Å². The van der Waals surface area contributed by atoms with Crippen molar-refractivity contribution in [2.75, 3.05) is 0 Å². The average molecular weight is 218 g/mol. The molecule has 2 aromatic heterocycles. The van der Waals surface area contributed by atoms with Crippen molar-refractivity contribution in [3.63, 3.8) is 0 Å². The maximum Gasteiger partial charge on any atom is 0.109 e. The van der Waals surface area contributed by atoms with E-state index < -0.39 is 0 Å². The van der Waals surface area contributed by atoms with Crippen molar-refractivity contribution in [2.45, 2.75) is 32.2 Å². The summed E-state index contributed by atoms with van der Waals surface area (Å²) in [4.78, 5) is 8.65. The third-order valence-electron chi connectivity index (χ3n) is 2.84. The molecule has 2 aromatic rings. The van der Waals surface area contributed by atoms with Crippen LogP contribution in [0.4, 0.5) is 0 Å².